The normalized spacial score (nSPS) is 22.0. The van der Waals surface area contributed by atoms with E-state index in [1.807, 2.05) is 12.1 Å². The van der Waals surface area contributed by atoms with Crippen LogP contribution >= 0.6 is 23.2 Å². The van der Waals surface area contributed by atoms with Crippen molar-refractivity contribution >= 4 is 23.2 Å². The smallest absolute Gasteiger partial charge is 0.0640 e. The van der Waals surface area contributed by atoms with Crippen molar-refractivity contribution in [1.82, 2.24) is 4.90 Å². The SMILES string of the molecule is NC(CCN1CCCCCC1CO)c1cccc(Cl)c1Cl. The molecule has 1 aliphatic rings. The monoisotopic (exact) mass is 330 g/mol. The Bertz CT molecular complexity index is 456. The first-order chi connectivity index (χ1) is 10.1. The van der Waals surface area contributed by atoms with Crippen LogP contribution in [0.15, 0.2) is 18.2 Å². The first kappa shape index (κ1) is 17.0. The molecule has 2 atom stereocenters. The molecule has 2 rings (SSSR count). The summed E-state index contributed by atoms with van der Waals surface area (Å²) in [5.41, 5.74) is 7.18. The molecule has 0 amide bonds. The van der Waals surface area contributed by atoms with Crippen molar-refractivity contribution in [2.45, 2.75) is 44.2 Å². The molecule has 1 heterocycles. The zero-order valence-corrected chi connectivity index (χ0v) is 13.8. The van der Waals surface area contributed by atoms with Crippen LogP contribution in [-0.2, 0) is 0 Å². The van der Waals surface area contributed by atoms with Gasteiger partial charge >= 0.3 is 0 Å². The van der Waals surface area contributed by atoms with Crippen LogP contribution < -0.4 is 5.73 Å². The first-order valence-corrected chi connectivity index (χ1v) is 8.43. The minimum Gasteiger partial charge on any atom is -0.395 e. The molecule has 2 unspecified atom stereocenters. The molecule has 5 heteroatoms. The summed E-state index contributed by atoms with van der Waals surface area (Å²) in [6, 6.07) is 5.74. The average molecular weight is 331 g/mol. The molecule has 1 saturated heterocycles. The maximum absolute atomic E-state index is 9.54. The number of rotatable bonds is 5. The fourth-order valence-corrected chi connectivity index (χ4v) is 3.45. The Balaban J connectivity index is 1.96. The predicted molar refractivity (Wildman–Crippen MR) is 88.9 cm³/mol. The number of aliphatic hydroxyl groups is 1. The second kappa shape index (κ2) is 8.35. The van der Waals surface area contributed by atoms with Gasteiger partial charge in [0.1, 0.15) is 0 Å². The lowest BCUT2D eigenvalue weighted by atomic mass is 10.0. The number of halogens is 2. The molecular formula is C16H24Cl2N2O. The van der Waals surface area contributed by atoms with Crippen LogP contribution in [0.1, 0.15) is 43.7 Å². The van der Waals surface area contributed by atoms with Gasteiger partial charge in [0.25, 0.3) is 0 Å². The number of aliphatic hydroxyl groups excluding tert-OH is 1. The third kappa shape index (κ3) is 4.57. The fraction of sp³-hybridized carbons (Fsp3) is 0.625. The van der Waals surface area contributed by atoms with Gasteiger partial charge in [0, 0.05) is 18.6 Å². The summed E-state index contributed by atoms with van der Waals surface area (Å²) in [5.74, 6) is 0. The van der Waals surface area contributed by atoms with Gasteiger partial charge in [-0.1, -0.05) is 48.2 Å². The Kier molecular flexibility index (Phi) is 6.77. The Morgan fingerprint density at radius 1 is 1.29 bits per heavy atom. The van der Waals surface area contributed by atoms with Crippen molar-refractivity contribution in [2.24, 2.45) is 5.73 Å². The van der Waals surface area contributed by atoms with Crippen molar-refractivity contribution in [3.05, 3.63) is 33.8 Å². The minimum atomic E-state index is -0.126. The van der Waals surface area contributed by atoms with E-state index < -0.39 is 0 Å². The van der Waals surface area contributed by atoms with Crippen LogP contribution in [0.5, 0.6) is 0 Å². The zero-order chi connectivity index (χ0) is 15.2. The number of hydrogen-bond donors (Lipinski definition) is 2. The number of nitrogens with zero attached hydrogens (tertiary/aromatic N) is 1. The number of likely N-dealkylation sites (tertiary alicyclic amines) is 1. The van der Waals surface area contributed by atoms with Gasteiger partial charge < -0.3 is 10.8 Å². The van der Waals surface area contributed by atoms with Gasteiger partial charge in [-0.05, 0) is 37.4 Å². The van der Waals surface area contributed by atoms with E-state index in [9.17, 15) is 5.11 Å². The van der Waals surface area contributed by atoms with Crippen LogP contribution in [0.25, 0.3) is 0 Å². The van der Waals surface area contributed by atoms with Gasteiger partial charge in [0.2, 0.25) is 0 Å². The highest BCUT2D eigenvalue weighted by Gasteiger charge is 2.21. The zero-order valence-electron chi connectivity index (χ0n) is 12.3. The number of benzene rings is 1. The molecule has 0 spiro atoms. The van der Waals surface area contributed by atoms with Crippen LogP contribution in [0.4, 0.5) is 0 Å². The maximum atomic E-state index is 9.54. The summed E-state index contributed by atoms with van der Waals surface area (Å²) in [6.07, 6.45) is 5.54. The molecule has 3 N–H and O–H groups in total. The summed E-state index contributed by atoms with van der Waals surface area (Å²) in [6.45, 7) is 2.16. The van der Waals surface area contributed by atoms with Crippen molar-refractivity contribution in [1.29, 1.82) is 0 Å². The number of nitrogens with two attached hydrogens (primary N) is 1. The van der Waals surface area contributed by atoms with E-state index in [2.05, 4.69) is 4.90 Å². The Morgan fingerprint density at radius 3 is 2.86 bits per heavy atom. The highest BCUT2D eigenvalue weighted by Crippen LogP contribution is 2.30. The minimum absolute atomic E-state index is 0.126. The van der Waals surface area contributed by atoms with Crippen LogP contribution in [-0.4, -0.2) is 35.7 Å². The second-order valence-corrected chi connectivity index (χ2v) is 6.55. The summed E-state index contributed by atoms with van der Waals surface area (Å²) in [5, 5.41) is 10.6. The lowest BCUT2D eigenvalue weighted by molar-refractivity contribution is 0.121. The molecule has 21 heavy (non-hydrogen) atoms. The second-order valence-electron chi connectivity index (χ2n) is 5.76. The largest absolute Gasteiger partial charge is 0.395 e. The average Bonchev–Trinajstić information content (AvgIpc) is 2.72. The molecule has 3 nitrogen and oxygen atoms in total. The standard InChI is InChI=1S/C16H24Cl2N2O/c17-14-7-4-6-13(16(14)18)15(19)8-10-20-9-3-1-2-5-12(20)11-21/h4,6-7,12,15,21H,1-3,5,8-11,19H2. The molecule has 1 fully saturated rings. The molecule has 0 aliphatic carbocycles. The molecule has 0 saturated carbocycles. The molecule has 0 radical (unpaired) electrons. The lowest BCUT2D eigenvalue weighted by Gasteiger charge is -2.29. The van der Waals surface area contributed by atoms with E-state index in [0.717, 1.165) is 31.5 Å². The highest BCUT2D eigenvalue weighted by molar-refractivity contribution is 6.42. The van der Waals surface area contributed by atoms with E-state index >= 15 is 0 Å². The molecule has 0 bridgehead atoms. The Hall–Kier alpha value is -0.320. The van der Waals surface area contributed by atoms with Crippen LogP contribution in [0, 0.1) is 0 Å². The van der Waals surface area contributed by atoms with Gasteiger partial charge in [0.15, 0.2) is 0 Å². The third-order valence-electron chi connectivity index (χ3n) is 4.32. The topological polar surface area (TPSA) is 49.5 Å². The van der Waals surface area contributed by atoms with Gasteiger partial charge in [-0.3, -0.25) is 4.90 Å². The molecule has 1 aromatic carbocycles. The highest BCUT2D eigenvalue weighted by atomic mass is 35.5. The maximum Gasteiger partial charge on any atom is 0.0640 e. The fourth-order valence-electron chi connectivity index (χ4n) is 3.01. The van der Waals surface area contributed by atoms with Crippen LogP contribution in [0.2, 0.25) is 10.0 Å². The van der Waals surface area contributed by atoms with E-state index in [0.29, 0.717) is 10.0 Å². The molecule has 118 valence electrons. The number of hydrogen-bond acceptors (Lipinski definition) is 3. The van der Waals surface area contributed by atoms with Gasteiger partial charge in [0.05, 0.1) is 16.7 Å². The van der Waals surface area contributed by atoms with Gasteiger partial charge in [-0.2, -0.15) is 0 Å². The Labute approximate surface area is 137 Å². The van der Waals surface area contributed by atoms with Crippen LogP contribution in [0.3, 0.4) is 0 Å². The summed E-state index contributed by atoms with van der Waals surface area (Å²) in [4.78, 5) is 2.37. The quantitative estimate of drug-likeness (QED) is 0.866. The van der Waals surface area contributed by atoms with Crippen molar-refractivity contribution in [2.75, 3.05) is 19.7 Å². The van der Waals surface area contributed by atoms with Crippen molar-refractivity contribution in [3.63, 3.8) is 0 Å². The molecular weight excluding hydrogens is 307 g/mol. The summed E-state index contributed by atoms with van der Waals surface area (Å²) >= 11 is 12.3. The van der Waals surface area contributed by atoms with E-state index in [1.165, 1.54) is 19.3 Å². The Morgan fingerprint density at radius 2 is 2.10 bits per heavy atom. The molecule has 1 aromatic rings. The molecule has 1 aliphatic heterocycles. The van der Waals surface area contributed by atoms with Gasteiger partial charge in [-0.25, -0.2) is 0 Å². The third-order valence-corrected chi connectivity index (χ3v) is 5.15. The first-order valence-electron chi connectivity index (χ1n) is 7.68. The summed E-state index contributed by atoms with van der Waals surface area (Å²) < 4.78 is 0. The van der Waals surface area contributed by atoms with E-state index in [4.69, 9.17) is 28.9 Å². The van der Waals surface area contributed by atoms with Crippen molar-refractivity contribution in [3.8, 4) is 0 Å². The predicted octanol–water partition coefficient (Wildman–Crippen LogP) is 3.62. The van der Waals surface area contributed by atoms with E-state index in [1.54, 1.807) is 6.07 Å². The van der Waals surface area contributed by atoms with E-state index in [-0.39, 0.29) is 18.7 Å². The molecule has 0 aromatic heterocycles. The van der Waals surface area contributed by atoms with Gasteiger partial charge in [-0.15, -0.1) is 0 Å². The lowest BCUT2D eigenvalue weighted by Crippen LogP contribution is -2.39. The van der Waals surface area contributed by atoms with Crippen molar-refractivity contribution < 1.29 is 5.11 Å². The summed E-state index contributed by atoms with van der Waals surface area (Å²) in [7, 11) is 0.